The zero-order chi connectivity index (χ0) is 14.7. The predicted octanol–water partition coefficient (Wildman–Crippen LogP) is 2.86. The summed E-state index contributed by atoms with van der Waals surface area (Å²) in [6, 6.07) is 15.9. The molecule has 0 aliphatic rings. The molecular formula is C16H17N5. The van der Waals surface area contributed by atoms with Gasteiger partial charge in [-0.3, -0.25) is 0 Å². The first kappa shape index (κ1) is 13.3. The van der Waals surface area contributed by atoms with Gasteiger partial charge < -0.3 is 5.73 Å². The number of aromatic nitrogens is 4. The second kappa shape index (κ2) is 5.75. The number of nitrogen functional groups attached to an aromatic ring is 1. The van der Waals surface area contributed by atoms with E-state index in [0.717, 1.165) is 24.1 Å². The molecule has 21 heavy (non-hydrogen) atoms. The highest BCUT2D eigenvalue weighted by Gasteiger charge is 2.12. The Morgan fingerprint density at radius 1 is 1.05 bits per heavy atom. The molecule has 0 saturated heterocycles. The minimum Gasteiger partial charge on any atom is -0.398 e. The molecular weight excluding hydrogens is 262 g/mol. The number of hydrogen-bond acceptors (Lipinski definition) is 4. The Hall–Kier alpha value is -2.69. The summed E-state index contributed by atoms with van der Waals surface area (Å²) in [4.78, 5) is 0. The van der Waals surface area contributed by atoms with Crippen LogP contribution in [0.1, 0.15) is 18.9 Å². The Kier molecular flexibility index (Phi) is 3.64. The fourth-order valence-corrected chi connectivity index (χ4v) is 2.32. The van der Waals surface area contributed by atoms with E-state index in [4.69, 9.17) is 5.73 Å². The Bertz CT molecular complexity index is 730. The van der Waals surface area contributed by atoms with E-state index in [-0.39, 0.29) is 0 Å². The fourth-order valence-electron chi connectivity index (χ4n) is 2.32. The van der Waals surface area contributed by atoms with Crippen molar-refractivity contribution in [3.05, 3.63) is 54.1 Å². The number of anilines is 1. The van der Waals surface area contributed by atoms with E-state index >= 15 is 0 Å². The number of rotatable bonds is 4. The molecule has 3 rings (SSSR count). The van der Waals surface area contributed by atoms with Crippen LogP contribution in [-0.2, 0) is 6.42 Å². The van der Waals surface area contributed by atoms with Crippen molar-refractivity contribution in [3.63, 3.8) is 0 Å². The van der Waals surface area contributed by atoms with Crippen LogP contribution in [0.4, 0.5) is 5.69 Å². The summed E-state index contributed by atoms with van der Waals surface area (Å²) in [5.41, 5.74) is 9.75. The maximum atomic E-state index is 6.01. The van der Waals surface area contributed by atoms with Gasteiger partial charge in [0.25, 0.3) is 0 Å². The van der Waals surface area contributed by atoms with Crippen LogP contribution >= 0.6 is 0 Å². The summed E-state index contributed by atoms with van der Waals surface area (Å²) in [6.07, 6.45) is 2.21. The van der Waals surface area contributed by atoms with Gasteiger partial charge in [-0.1, -0.05) is 37.6 Å². The van der Waals surface area contributed by atoms with Crippen molar-refractivity contribution in [1.82, 2.24) is 20.2 Å². The third-order valence-corrected chi connectivity index (χ3v) is 3.39. The number of nitrogens with two attached hydrogens (primary N) is 1. The highest BCUT2D eigenvalue weighted by molar-refractivity contribution is 5.72. The molecule has 5 nitrogen and oxygen atoms in total. The van der Waals surface area contributed by atoms with E-state index in [2.05, 4.69) is 34.6 Å². The molecule has 0 unspecified atom stereocenters. The zero-order valence-corrected chi connectivity index (χ0v) is 11.9. The molecule has 1 aromatic heterocycles. The summed E-state index contributed by atoms with van der Waals surface area (Å²) in [6.45, 7) is 2.17. The molecule has 0 atom stereocenters. The van der Waals surface area contributed by atoms with Gasteiger partial charge in [0.05, 0.1) is 5.69 Å². The van der Waals surface area contributed by atoms with Gasteiger partial charge in [-0.05, 0) is 46.7 Å². The van der Waals surface area contributed by atoms with Crippen LogP contribution in [-0.4, -0.2) is 20.2 Å². The van der Waals surface area contributed by atoms with Crippen LogP contribution in [0.3, 0.4) is 0 Å². The van der Waals surface area contributed by atoms with Gasteiger partial charge in [0.1, 0.15) is 0 Å². The van der Waals surface area contributed by atoms with E-state index in [1.807, 2.05) is 36.4 Å². The normalized spacial score (nSPS) is 10.7. The Morgan fingerprint density at radius 3 is 2.52 bits per heavy atom. The molecule has 2 aromatic carbocycles. The van der Waals surface area contributed by atoms with Crippen LogP contribution in [0.15, 0.2) is 48.5 Å². The summed E-state index contributed by atoms with van der Waals surface area (Å²) in [7, 11) is 0. The van der Waals surface area contributed by atoms with Crippen LogP contribution in [0.25, 0.3) is 17.1 Å². The second-order valence-electron chi connectivity index (χ2n) is 4.92. The average molecular weight is 279 g/mol. The first-order valence-electron chi connectivity index (χ1n) is 7.02. The molecule has 0 bridgehead atoms. The molecule has 0 saturated carbocycles. The summed E-state index contributed by atoms with van der Waals surface area (Å²) in [5.74, 6) is 0.649. The predicted molar refractivity (Wildman–Crippen MR) is 83.0 cm³/mol. The van der Waals surface area contributed by atoms with Crippen molar-refractivity contribution in [1.29, 1.82) is 0 Å². The summed E-state index contributed by atoms with van der Waals surface area (Å²) >= 11 is 0. The van der Waals surface area contributed by atoms with Gasteiger partial charge >= 0.3 is 0 Å². The lowest BCUT2D eigenvalue weighted by molar-refractivity contribution is 0.790. The monoisotopic (exact) mass is 279 g/mol. The quantitative estimate of drug-likeness (QED) is 0.745. The van der Waals surface area contributed by atoms with E-state index in [1.165, 1.54) is 5.56 Å². The van der Waals surface area contributed by atoms with Crippen LogP contribution in [0.2, 0.25) is 0 Å². The van der Waals surface area contributed by atoms with Crippen molar-refractivity contribution in [2.24, 2.45) is 0 Å². The van der Waals surface area contributed by atoms with Crippen molar-refractivity contribution in [2.75, 3.05) is 5.73 Å². The molecule has 5 heteroatoms. The molecule has 106 valence electrons. The topological polar surface area (TPSA) is 69.6 Å². The van der Waals surface area contributed by atoms with E-state index in [1.54, 1.807) is 4.68 Å². The second-order valence-corrected chi connectivity index (χ2v) is 4.92. The Balaban J connectivity index is 2.01. The third kappa shape index (κ3) is 2.63. The molecule has 3 aromatic rings. The minimum atomic E-state index is 0.649. The fraction of sp³-hybridized carbons (Fsp3) is 0.188. The van der Waals surface area contributed by atoms with Crippen LogP contribution in [0.5, 0.6) is 0 Å². The maximum Gasteiger partial charge on any atom is 0.189 e. The Labute approximate surface area is 123 Å². The highest BCUT2D eigenvalue weighted by atomic mass is 15.5. The first-order chi connectivity index (χ1) is 10.3. The van der Waals surface area contributed by atoms with Gasteiger partial charge in [-0.15, -0.1) is 5.10 Å². The smallest absolute Gasteiger partial charge is 0.189 e. The van der Waals surface area contributed by atoms with E-state index in [9.17, 15) is 0 Å². The number of tetrazole rings is 1. The van der Waals surface area contributed by atoms with Gasteiger partial charge in [0.2, 0.25) is 0 Å². The molecule has 0 spiro atoms. The van der Waals surface area contributed by atoms with Gasteiger partial charge in [-0.2, -0.15) is 4.68 Å². The largest absolute Gasteiger partial charge is 0.398 e. The third-order valence-electron chi connectivity index (χ3n) is 3.39. The standard InChI is InChI=1S/C16H17N5/c1-2-5-12-8-10-13(11-9-12)21-16(18-19-20-21)14-6-3-4-7-15(14)17/h3-4,6-11H,2,5,17H2,1H3. The van der Waals surface area contributed by atoms with Crippen molar-refractivity contribution in [3.8, 4) is 17.1 Å². The number of benzene rings is 2. The number of nitrogens with zero attached hydrogens (tertiary/aromatic N) is 4. The Morgan fingerprint density at radius 2 is 1.81 bits per heavy atom. The zero-order valence-electron chi connectivity index (χ0n) is 11.9. The van der Waals surface area contributed by atoms with E-state index in [0.29, 0.717) is 11.5 Å². The average Bonchev–Trinajstić information content (AvgIpc) is 2.98. The molecule has 0 aliphatic carbocycles. The molecule has 0 radical (unpaired) electrons. The van der Waals surface area contributed by atoms with E-state index < -0.39 is 0 Å². The lowest BCUT2D eigenvalue weighted by atomic mass is 10.1. The molecule has 1 heterocycles. The first-order valence-corrected chi connectivity index (χ1v) is 7.02. The van der Waals surface area contributed by atoms with Crippen molar-refractivity contribution < 1.29 is 0 Å². The van der Waals surface area contributed by atoms with Gasteiger partial charge in [0, 0.05) is 11.3 Å². The van der Waals surface area contributed by atoms with Crippen LogP contribution < -0.4 is 5.73 Å². The minimum absolute atomic E-state index is 0.649. The maximum absolute atomic E-state index is 6.01. The van der Waals surface area contributed by atoms with Crippen molar-refractivity contribution in [2.45, 2.75) is 19.8 Å². The molecule has 0 fully saturated rings. The molecule has 0 aliphatic heterocycles. The van der Waals surface area contributed by atoms with Gasteiger partial charge in [-0.25, -0.2) is 0 Å². The lowest BCUT2D eigenvalue weighted by Gasteiger charge is -2.07. The van der Waals surface area contributed by atoms with Crippen molar-refractivity contribution >= 4 is 5.69 Å². The summed E-state index contributed by atoms with van der Waals surface area (Å²) in [5, 5.41) is 12.0. The number of para-hydroxylation sites is 1. The highest BCUT2D eigenvalue weighted by Crippen LogP contribution is 2.24. The number of hydrogen-bond donors (Lipinski definition) is 1. The van der Waals surface area contributed by atoms with Gasteiger partial charge in [0.15, 0.2) is 5.82 Å². The summed E-state index contributed by atoms with van der Waals surface area (Å²) < 4.78 is 1.71. The molecule has 0 amide bonds. The van der Waals surface area contributed by atoms with Crippen LogP contribution in [0, 0.1) is 0 Å². The molecule has 2 N–H and O–H groups in total. The lowest BCUT2D eigenvalue weighted by Crippen LogP contribution is -2.01. The number of aryl methyl sites for hydroxylation is 1. The SMILES string of the molecule is CCCc1ccc(-n2nnnc2-c2ccccc2N)cc1.